The van der Waals surface area contributed by atoms with Crippen molar-refractivity contribution in [3.8, 4) is 5.88 Å². The molecular formula is C20H24N4O2. The first-order valence-electron chi connectivity index (χ1n) is 8.70. The van der Waals surface area contributed by atoms with Crippen LogP contribution >= 0.6 is 0 Å². The lowest BCUT2D eigenvalue weighted by molar-refractivity contribution is 0.326. The SMILES string of the molecule is CCOc1cc(CNC(=NC)NCc2oc3ccccc3c2C)ccn1. The van der Waals surface area contributed by atoms with Gasteiger partial charge >= 0.3 is 0 Å². The number of para-hydroxylation sites is 1. The largest absolute Gasteiger partial charge is 0.478 e. The Balaban J connectivity index is 1.59. The average molecular weight is 352 g/mol. The zero-order chi connectivity index (χ0) is 18.4. The van der Waals surface area contributed by atoms with Crippen molar-refractivity contribution in [1.82, 2.24) is 15.6 Å². The standard InChI is InChI=1S/C20H24N4O2/c1-4-25-19-11-15(9-10-22-19)12-23-20(21-3)24-13-18-14(2)16-7-5-6-8-17(16)26-18/h5-11H,4,12-13H2,1-3H3,(H2,21,23,24). The summed E-state index contributed by atoms with van der Waals surface area (Å²) in [6.45, 7) is 5.82. The van der Waals surface area contributed by atoms with Gasteiger partial charge in [0.2, 0.25) is 5.88 Å². The monoisotopic (exact) mass is 352 g/mol. The predicted octanol–water partition coefficient (Wildman–Crippen LogP) is 3.40. The molecule has 6 heteroatoms. The van der Waals surface area contributed by atoms with E-state index < -0.39 is 0 Å². The summed E-state index contributed by atoms with van der Waals surface area (Å²) in [5.41, 5.74) is 3.13. The smallest absolute Gasteiger partial charge is 0.213 e. The van der Waals surface area contributed by atoms with Crippen LogP contribution in [0.1, 0.15) is 23.8 Å². The van der Waals surface area contributed by atoms with Gasteiger partial charge in [-0.3, -0.25) is 4.99 Å². The minimum Gasteiger partial charge on any atom is -0.478 e. The number of aryl methyl sites for hydroxylation is 1. The van der Waals surface area contributed by atoms with E-state index in [1.54, 1.807) is 13.2 Å². The van der Waals surface area contributed by atoms with Gasteiger partial charge in [0.25, 0.3) is 0 Å². The first-order chi connectivity index (χ1) is 12.7. The van der Waals surface area contributed by atoms with Crippen molar-refractivity contribution in [1.29, 1.82) is 0 Å². The Morgan fingerprint density at radius 2 is 2.00 bits per heavy atom. The summed E-state index contributed by atoms with van der Waals surface area (Å²) in [6, 6.07) is 11.9. The van der Waals surface area contributed by atoms with Crippen molar-refractivity contribution in [3.63, 3.8) is 0 Å². The lowest BCUT2D eigenvalue weighted by atomic mass is 10.1. The molecule has 26 heavy (non-hydrogen) atoms. The van der Waals surface area contributed by atoms with Crippen LogP contribution in [0, 0.1) is 6.92 Å². The maximum absolute atomic E-state index is 5.93. The fourth-order valence-electron chi connectivity index (χ4n) is 2.75. The second-order valence-electron chi connectivity index (χ2n) is 5.86. The van der Waals surface area contributed by atoms with E-state index in [0.717, 1.165) is 27.9 Å². The van der Waals surface area contributed by atoms with E-state index in [9.17, 15) is 0 Å². The molecule has 0 fully saturated rings. The van der Waals surface area contributed by atoms with Gasteiger partial charge in [-0.1, -0.05) is 18.2 Å². The molecule has 0 aliphatic carbocycles. The number of nitrogens with one attached hydrogen (secondary N) is 2. The molecule has 0 aliphatic heterocycles. The molecule has 2 N–H and O–H groups in total. The molecule has 3 rings (SSSR count). The van der Waals surface area contributed by atoms with Crippen LogP contribution in [-0.2, 0) is 13.1 Å². The van der Waals surface area contributed by atoms with Gasteiger partial charge in [0.15, 0.2) is 5.96 Å². The molecule has 2 aromatic heterocycles. The molecule has 2 heterocycles. The minimum atomic E-state index is 0.570. The van der Waals surface area contributed by atoms with E-state index >= 15 is 0 Å². The molecule has 3 aromatic rings. The zero-order valence-electron chi connectivity index (χ0n) is 15.4. The number of guanidine groups is 1. The predicted molar refractivity (Wildman–Crippen MR) is 103 cm³/mol. The number of fused-ring (bicyclic) bond motifs is 1. The summed E-state index contributed by atoms with van der Waals surface area (Å²) in [7, 11) is 1.75. The molecule has 136 valence electrons. The molecule has 0 radical (unpaired) electrons. The number of furan rings is 1. The van der Waals surface area contributed by atoms with E-state index in [1.165, 1.54) is 0 Å². The minimum absolute atomic E-state index is 0.570. The van der Waals surface area contributed by atoms with E-state index in [2.05, 4.69) is 33.6 Å². The topological polar surface area (TPSA) is 71.7 Å². The Morgan fingerprint density at radius 3 is 2.77 bits per heavy atom. The molecule has 0 saturated carbocycles. The lowest BCUT2D eigenvalue weighted by Crippen LogP contribution is -2.36. The number of rotatable bonds is 6. The molecule has 0 unspecified atom stereocenters. The number of hydrogen-bond acceptors (Lipinski definition) is 4. The fraction of sp³-hybridized carbons (Fsp3) is 0.300. The first kappa shape index (κ1) is 17.8. The molecule has 0 amide bonds. The Kier molecular flexibility index (Phi) is 5.73. The highest BCUT2D eigenvalue weighted by Gasteiger charge is 2.10. The number of hydrogen-bond donors (Lipinski definition) is 2. The van der Waals surface area contributed by atoms with Gasteiger partial charge in [-0.05, 0) is 31.5 Å². The highest BCUT2D eigenvalue weighted by Crippen LogP contribution is 2.24. The summed E-state index contributed by atoms with van der Waals surface area (Å²) < 4.78 is 11.4. The van der Waals surface area contributed by atoms with Crippen molar-refractivity contribution in [2.24, 2.45) is 4.99 Å². The molecule has 0 saturated heterocycles. The fourth-order valence-corrected chi connectivity index (χ4v) is 2.75. The van der Waals surface area contributed by atoms with Crippen molar-refractivity contribution in [2.45, 2.75) is 26.9 Å². The molecule has 0 bridgehead atoms. The number of ether oxygens (including phenoxy) is 1. The number of benzene rings is 1. The maximum atomic E-state index is 5.93. The highest BCUT2D eigenvalue weighted by molar-refractivity contribution is 5.82. The zero-order valence-corrected chi connectivity index (χ0v) is 15.4. The maximum Gasteiger partial charge on any atom is 0.213 e. The second kappa shape index (κ2) is 8.38. The van der Waals surface area contributed by atoms with Crippen LogP contribution in [0.25, 0.3) is 11.0 Å². The third kappa shape index (κ3) is 4.14. The van der Waals surface area contributed by atoms with E-state index in [4.69, 9.17) is 9.15 Å². The molecular weight excluding hydrogens is 328 g/mol. The van der Waals surface area contributed by atoms with Crippen molar-refractivity contribution in [3.05, 3.63) is 59.5 Å². The normalized spacial score (nSPS) is 11.6. The van der Waals surface area contributed by atoms with Crippen molar-refractivity contribution < 1.29 is 9.15 Å². The summed E-state index contributed by atoms with van der Waals surface area (Å²) in [6.07, 6.45) is 1.75. The van der Waals surface area contributed by atoms with Gasteiger partial charge in [0.1, 0.15) is 11.3 Å². The summed E-state index contributed by atoms with van der Waals surface area (Å²) in [5, 5.41) is 7.73. The molecule has 6 nitrogen and oxygen atoms in total. The van der Waals surface area contributed by atoms with Crippen LogP contribution in [-0.4, -0.2) is 24.6 Å². The van der Waals surface area contributed by atoms with Gasteiger partial charge in [0.05, 0.1) is 13.2 Å². The summed E-state index contributed by atoms with van der Waals surface area (Å²) in [4.78, 5) is 8.44. The third-order valence-corrected chi connectivity index (χ3v) is 4.13. The Labute approximate surface area is 153 Å². The number of nitrogens with zero attached hydrogens (tertiary/aromatic N) is 2. The summed E-state index contributed by atoms with van der Waals surface area (Å²) in [5.74, 6) is 2.25. The van der Waals surface area contributed by atoms with Crippen LogP contribution in [0.5, 0.6) is 5.88 Å². The highest BCUT2D eigenvalue weighted by atomic mass is 16.5. The van der Waals surface area contributed by atoms with Crippen LogP contribution in [0.15, 0.2) is 52.0 Å². The molecule has 0 spiro atoms. The van der Waals surface area contributed by atoms with E-state index in [0.29, 0.717) is 31.5 Å². The first-order valence-corrected chi connectivity index (χ1v) is 8.70. The second-order valence-corrected chi connectivity index (χ2v) is 5.86. The van der Waals surface area contributed by atoms with Gasteiger partial charge < -0.3 is 19.8 Å². The Bertz CT molecular complexity index is 902. The number of aromatic nitrogens is 1. The van der Waals surface area contributed by atoms with Crippen LogP contribution < -0.4 is 15.4 Å². The quantitative estimate of drug-likeness (QED) is 0.525. The number of aliphatic imine (C=N–C) groups is 1. The molecule has 1 aromatic carbocycles. The molecule has 0 aliphatic rings. The van der Waals surface area contributed by atoms with E-state index in [-0.39, 0.29) is 0 Å². The van der Waals surface area contributed by atoms with E-state index in [1.807, 2.05) is 37.3 Å². The third-order valence-electron chi connectivity index (χ3n) is 4.13. The van der Waals surface area contributed by atoms with Crippen molar-refractivity contribution >= 4 is 16.9 Å². The summed E-state index contributed by atoms with van der Waals surface area (Å²) >= 11 is 0. The van der Waals surface area contributed by atoms with Crippen LogP contribution in [0.2, 0.25) is 0 Å². The Morgan fingerprint density at radius 1 is 1.19 bits per heavy atom. The Hall–Kier alpha value is -3.02. The van der Waals surface area contributed by atoms with Gasteiger partial charge in [-0.15, -0.1) is 0 Å². The van der Waals surface area contributed by atoms with Gasteiger partial charge in [-0.2, -0.15) is 0 Å². The lowest BCUT2D eigenvalue weighted by Gasteiger charge is -2.12. The van der Waals surface area contributed by atoms with Gasteiger partial charge in [0, 0.05) is 36.8 Å². The van der Waals surface area contributed by atoms with Crippen LogP contribution in [0.4, 0.5) is 0 Å². The number of pyridine rings is 1. The van der Waals surface area contributed by atoms with Gasteiger partial charge in [-0.25, -0.2) is 4.98 Å². The molecule has 0 atom stereocenters. The average Bonchev–Trinajstić information content (AvgIpc) is 2.99. The van der Waals surface area contributed by atoms with Crippen molar-refractivity contribution in [2.75, 3.05) is 13.7 Å². The van der Waals surface area contributed by atoms with Crippen LogP contribution in [0.3, 0.4) is 0 Å².